The molecular formula is C11H12BrNO2. The Hall–Kier alpha value is -0.770. The summed E-state index contributed by atoms with van der Waals surface area (Å²) in [6.07, 6.45) is 2.99. The zero-order valence-electron chi connectivity index (χ0n) is 8.55. The van der Waals surface area contributed by atoms with Crippen LogP contribution in [0.15, 0.2) is 15.2 Å². The van der Waals surface area contributed by atoms with Crippen LogP contribution in [0.1, 0.15) is 30.6 Å². The van der Waals surface area contributed by atoms with Crippen molar-refractivity contribution in [2.24, 2.45) is 0 Å². The van der Waals surface area contributed by atoms with Crippen molar-refractivity contribution in [1.29, 1.82) is 0 Å². The normalized spacial score (nSPS) is 22.8. The Morgan fingerprint density at radius 3 is 2.87 bits per heavy atom. The summed E-state index contributed by atoms with van der Waals surface area (Å²) >= 11 is 3.34. The highest BCUT2D eigenvalue weighted by molar-refractivity contribution is 9.10. The molecule has 1 aromatic rings. The number of hydrogen-bond donors (Lipinski definition) is 0. The van der Waals surface area contributed by atoms with Gasteiger partial charge in [-0.05, 0) is 34.8 Å². The summed E-state index contributed by atoms with van der Waals surface area (Å²) in [5.41, 5.74) is 0.831. The maximum atomic E-state index is 12.2. The van der Waals surface area contributed by atoms with Crippen LogP contribution in [0, 0.1) is 0 Å². The van der Waals surface area contributed by atoms with Gasteiger partial charge in [-0.25, -0.2) is 0 Å². The second-order valence-electron chi connectivity index (χ2n) is 4.50. The molecule has 2 heterocycles. The first-order chi connectivity index (χ1) is 7.13. The van der Waals surface area contributed by atoms with Crippen LogP contribution in [0.4, 0.5) is 0 Å². The van der Waals surface area contributed by atoms with E-state index in [-0.39, 0.29) is 11.3 Å². The minimum absolute atomic E-state index is 0.225. The van der Waals surface area contributed by atoms with Crippen molar-refractivity contribution in [3.8, 4) is 0 Å². The molecule has 15 heavy (non-hydrogen) atoms. The van der Waals surface area contributed by atoms with Gasteiger partial charge in [0.25, 0.3) is 0 Å². The molecule has 1 aromatic heterocycles. The smallest absolute Gasteiger partial charge is 0.236 e. The average molecular weight is 270 g/mol. The molecule has 1 fully saturated rings. The van der Waals surface area contributed by atoms with Crippen LogP contribution in [-0.2, 0) is 16.8 Å². The van der Waals surface area contributed by atoms with E-state index < -0.39 is 0 Å². The molecular weight excluding hydrogens is 258 g/mol. The lowest BCUT2D eigenvalue weighted by atomic mass is 9.64. The fourth-order valence-corrected chi connectivity index (χ4v) is 3.12. The lowest BCUT2D eigenvalue weighted by molar-refractivity contribution is -0.142. The highest BCUT2D eigenvalue weighted by Crippen LogP contribution is 2.50. The maximum Gasteiger partial charge on any atom is 0.236 e. The number of hydrogen-bond acceptors (Lipinski definition) is 2. The van der Waals surface area contributed by atoms with E-state index in [2.05, 4.69) is 15.9 Å². The predicted molar refractivity (Wildman–Crippen MR) is 58.4 cm³/mol. The Labute approximate surface area is 96.6 Å². The molecule has 1 amide bonds. The topological polar surface area (TPSA) is 33.5 Å². The zero-order valence-corrected chi connectivity index (χ0v) is 10.1. The average Bonchev–Trinajstić information content (AvgIpc) is 2.44. The van der Waals surface area contributed by atoms with Gasteiger partial charge in [0.2, 0.25) is 5.91 Å². The van der Waals surface area contributed by atoms with Gasteiger partial charge in [-0.3, -0.25) is 4.79 Å². The third-order valence-corrected chi connectivity index (χ3v) is 3.98. The fraction of sp³-hybridized carbons (Fsp3) is 0.545. The molecule has 3 nitrogen and oxygen atoms in total. The van der Waals surface area contributed by atoms with E-state index in [1.54, 1.807) is 0 Å². The van der Waals surface area contributed by atoms with E-state index in [4.69, 9.17) is 4.42 Å². The van der Waals surface area contributed by atoms with Crippen molar-refractivity contribution in [3.63, 3.8) is 0 Å². The van der Waals surface area contributed by atoms with Gasteiger partial charge < -0.3 is 9.32 Å². The second kappa shape index (κ2) is 2.88. The molecule has 0 aromatic carbocycles. The Morgan fingerprint density at radius 1 is 1.53 bits per heavy atom. The largest absolute Gasteiger partial charge is 0.453 e. The highest BCUT2D eigenvalue weighted by Gasteiger charge is 2.53. The molecule has 1 spiro atoms. The fourth-order valence-electron chi connectivity index (χ4n) is 2.68. The van der Waals surface area contributed by atoms with E-state index in [1.807, 2.05) is 18.0 Å². The van der Waals surface area contributed by atoms with Gasteiger partial charge in [-0.15, -0.1) is 0 Å². The number of furan rings is 1. The molecule has 2 aliphatic rings. The summed E-state index contributed by atoms with van der Waals surface area (Å²) in [5, 5.41) is 0. The van der Waals surface area contributed by atoms with Gasteiger partial charge in [0.15, 0.2) is 4.67 Å². The molecule has 80 valence electrons. The SMILES string of the molecule is CN1Cc2cc(Br)oc2C2(CCC2)C1=O. The molecule has 0 bridgehead atoms. The van der Waals surface area contributed by atoms with Gasteiger partial charge in [0.05, 0.1) is 0 Å². The Bertz CT molecular complexity index is 434. The lowest BCUT2D eigenvalue weighted by Gasteiger charge is -2.44. The number of rotatable bonds is 0. The summed E-state index contributed by atoms with van der Waals surface area (Å²) in [5.74, 6) is 1.13. The van der Waals surface area contributed by atoms with E-state index in [9.17, 15) is 4.79 Å². The van der Waals surface area contributed by atoms with E-state index in [0.717, 1.165) is 35.3 Å². The summed E-state index contributed by atoms with van der Waals surface area (Å²) in [6.45, 7) is 0.672. The van der Waals surface area contributed by atoms with Gasteiger partial charge in [-0.2, -0.15) is 0 Å². The van der Waals surface area contributed by atoms with Crippen molar-refractivity contribution in [2.45, 2.75) is 31.2 Å². The molecule has 1 saturated carbocycles. The first-order valence-corrected chi connectivity index (χ1v) is 5.97. The molecule has 0 saturated heterocycles. The highest BCUT2D eigenvalue weighted by atomic mass is 79.9. The molecule has 0 atom stereocenters. The number of likely N-dealkylation sites (N-methyl/N-ethyl adjacent to an activating group) is 1. The van der Waals surface area contributed by atoms with Crippen molar-refractivity contribution in [2.75, 3.05) is 7.05 Å². The summed E-state index contributed by atoms with van der Waals surface area (Å²) in [6, 6.07) is 1.98. The van der Waals surface area contributed by atoms with Crippen LogP contribution in [0.2, 0.25) is 0 Å². The molecule has 0 N–H and O–H groups in total. The van der Waals surface area contributed by atoms with Crippen molar-refractivity contribution < 1.29 is 9.21 Å². The molecule has 4 heteroatoms. The van der Waals surface area contributed by atoms with Gasteiger partial charge >= 0.3 is 0 Å². The van der Waals surface area contributed by atoms with Crippen molar-refractivity contribution in [3.05, 3.63) is 22.1 Å². The number of fused-ring (bicyclic) bond motifs is 2. The van der Waals surface area contributed by atoms with E-state index in [0.29, 0.717) is 6.54 Å². The van der Waals surface area contributed by atoms with Crippen LogP contribution in [0.3, 0.4) is 0 Å². The maximum absolute atomic E-state index is 12.2. The van der Waals surface area contributed by atoms with Gasteiger partial charge in [-0.1, -0.05) is 6.42 Å². The predicted octanol–water partition coefficient (Wildman–Crippen LogP) is 2.44. The Kier molecular flexibility index (Phi) is 1.81. The number of nitrogens with zero attached hydrogens (tertiary/aromatic N) is 1. The monoisotopic (exact) mass is 269 g/mol. The number of carbonyl (C=O) groups is 1. The standard InChI is InChI=1S/C11H12BrNO2/c1-13-6-7-5-8(12)15-9(7)11(10(13)14)3-2-4-11/h5H,2-4,6H2,1H3. The summed E-state index contributed by atoms with van der Waals surface area (Å²) in [4.78, 5) is 14.0. The minimum Gasteiger partial charge on any atom is -0.453 e. The number of amides is 1. The number of carbonyl (C=O) groups excluding carboxylic acids is 1. The van der Waals surface area contributed by atoms with E-state index in [1.165, 1.54) is 0 Å². The molecule has 1 aliphatic carbocycles. The van der Waals surface area contributed by atoms with Gasteiger partial charge in [0, 0.05) is 19.2 Å². The van der Waals surface area contributed by atoms with Gasteiger partial charge in [0.1, 0.15) is 11.2 Å². The Morgan fingerprint density at radius 2 is 2.27 bits per heavy atom. The van der Waals surface area contributed by atoms with E-state index >= 15 is 0 Å². The molecule has 1 aliphatic heterocycles. The molecule has 3 rings (SSSR count). The van der Waals surface area contributed by atoms with Crippen molar-refractivity contribution in [1.82, 2.24) is 4.90 Å². The Balaban J connectivity index is 2.17. The third-order valence-electron chi connectivity index (χ3n) is 3.58. The quantitative estimate of drug-likeness (QED) is 0.725. The summed E-state index contributed by atoms with van der Waals surface area (Å²) < 4.78 is 6.39. The second-order valence-corrected chi connectivity index (χ2v) is 5.28. The van der Waals surface area contributed by atoms with Crippen LogP contribution < -0.4 is 0 Å². The number of halogens is 1. The lowest BCUT2D eigenvalue weighted by Crippen LogP contribution is -2.52. The first-order valence-electron chi connectivity index (χ1n) is 5.18. The van der Waals surface area contributed by atoms with Crippen molar-refractivity contribution >= 4 is 21.8 Å². The molecule has 0 unspecified atom stereocenters. The van der Waals surface area contributed by atoms with Crippen LogP contribution in [0.25, 0.3) is 0 Å². The van der Waals surface area contributed by atoms with Crippen LogP contribution >= 0.6 is 15.9 Å². The van der Waals surface area contributed by atoms with Crippen LogP contribution in [0.5, 0.6) is 0 Å². The third kappa shape index (κ3) is 1.08. The molecule has 0 radical (unpaired) electrons. The first kappa shape index (κ1) is 9.46. The van der Waals surface area contributed by atoms with Crippen LogP contribution in [-0.4, -0.2) is 17.9 Å². The minimum atomic E-state index is -0.325. The summed E-state index contributed by atoms with van der Waals surface area (Å²) in [7, 11) is 1.87. The zero-order chi connectivity index (χ0) is 10.6.